The highest BCUT2D eigenvalue weighted by Gasteiger charge is 2.30. The topological polar surface area (TPSA) is 30.7 Å². The molecule has 0 N–H and O–H groups in total. The lowest BCUT2D eigenvalue weighted by atomic mass is 9.82. The van der Waals surface area contributed by atoms with Crippen LogP contribution in [0.3, 0.4) is 0 Å². The van der Waals surface area contributed by atoms with Crippen molar-refractivity contribution >= 4 is 0 Å². The molecule has 1 atom stereocenters. The lowest BCUT2D eigenvalue weighted by molar-refractivity contribution is 0.256. The molecule has 1 heterocycles. The van der Waals surface area contributed by atoms with Crippen LogP contribution < -0.4 is 0 Å². The van der Waals surface area contributed by atoms with Gasteiger partial charge in [-0.1, -0.05) is 76.6 Å². The third kappa shape index (κ3) is 4.19. The smallest absolute Gasteiger partial charge is 0.0837 e. The molecule has 0 amide bonds. The second-order valence-corrected chi connectivity index (χ2v) is 7.64. The van der Waals surface area contributed by atoms with Gasteiger partial charge in [0.05, 0.1) is 17.9 Å². The lowest BCUT2D eigenvalue weighted by Gasteiger charge is -2.32. The molecule has 0 fully saturated rings. The molecule has 3 nitrogen and oxygen atoms in total. The van der Waals surface area contributed by atoms with Crippen molar-refractivity contribution in [3.05, 3.63) is 47.8 Å². The quantitative estimate of drug-likeness (QED) is 0.760. The van der Waals surface area contributed by atoms with Gasteiger partial charge >= 0.3 is 0 Å². The Kier molecular flexibility index (Phi) is 5.38. The molecule has 0 bridgehead atoms. The van der Waals surface area contributed by atoms with Crippen LogP contribution in [0.15, 0.2) is 36.5 Å². The van der Waals surface area contributed by atoms with Crippen LogP contribution in [-0.2, 0) is 6.42 Å². The van der Waals surface area contributed by atoms with E-state index < -0.39 is 0 Å². The number of nitrogens with zero attached hydrogens (tertiary/aromatic N) is 3. The van der Waals surface area contributed by atoms with Crippen molar-refractivity contribution in [2.45, 2.75) is 59.9 Å². The zero-order valence-electron chi connectivity index (χ0n) is 14.6. The van der Waals surface area contributed by atoms with Gasteiger partial charge < -0.3 is 0 Å². The molecule has 0 spiro atoms. The van der Waals surface area contributed by atoms with Gasteiger partial charge in [-0.2, -0.15) is 0 Å². The zero-order chi connectivity index (χ0) is 16.2. The predicted octanol–water partition coefficient (Wildman–Crippen LogP) is 4.89. The summed E-state index contributed by atoms with van der Waals surface area (Å²) in [6, 6.07) is 10.9. The first-order chi connectivity index (χ1) is 10.4. The summed E-state index contributed by atoms with van der Waals surface area (Å²) in [5.74, 6) is 0.747. The van der Waals surface area contributed by atoms with Crippen LogP contribution in [-0.4, -0.2) is 15.0 Å². The molecule has 1 unspecified atom stereocenters. The van der Waals surface area contributed by atoms with E-state index in [1.165, 1.54) is 24.1 Å². The maximum Gasteiger partial charge on any atom is 0.0837 e. The van der Waals surface area contributed by atoms with Gasteiger partial charge in [-0.25, -0.2) is 4.68 Å². The van der Waals surface area contributed by atoms with Gasteiger partial charge in [0.2, 0.25) is 0 Å². The van der Waals surface area contributed by atoms with Gasteiger partial charge in [0.15, 0.2) is 0 Å². The third-order valence-corrected chi connectivity index (χ3v) is 4.04. The van der Waals surface area contributed by atoms with Crippen molar-refractivity contribution in [3.63, 3.8) is 0 Å². The van der Waals surface area contributed by atoms with E-state index in [2.05, 4.69) is 79.9 Å². The number of hydrogen-bond acceptors (Lipinski definition) is 2. The van der Waals surface area contributed by atoms with Crippen LogP contribution in [0.1, 0.15) is 64.8 Å². The van der Waals surface area contributed by atoms with E-state index in [0.717, 1.165) is 12.3 Å². The highest BCUT2D eigenvalue weighted by molar-refractivity contribution is 5.22. The molecule has 1 aromatic carbocycles. The third-order valence-electron chi connectivity index (χ3n) is 4.04. The fourth-order valence-corrected chi connectivity index (χ4v) is 3.00. The van der Waals surface area contributed by atoms with Crippen LogP contribution in [0.2, 0.25) is 0 Å². The van der Waals surface area contributed by atoms with Gasteiger partial charge in [0, 0.05) is 0 Å². The number of aryl methyl sites for hydroxylation is 1. The highest BCUT2D eigenvalue weighted by atomic mass is 15.4. The summed E-state index contributed by atoms with van der Waals surface area (Å²) < 4.78 is 2.13. The fraction of sp³-hybridized carbons (Fsp3) is 0.579. The normalized spacial score (nSPS) is 13.5. The summed E-state index contributed by atoms with van der Waals surface area (Å²) in [7, 11) is 0. The number of hydrogen-bond donors (Lipinski definition) is 0. The highest BCUT2D eigenvalue weighted by Crippen LogP contribution is 2.36. The van der Waals surface area contributed by atoms with E-state index in [-0.39, 0.29) is 11.5 Å². The molecule has 2 rings (SSSR count). The van der Waals surface area contributed by atoms with Crippen molar-refractivity contribution in [1.82, 2.24) is 15.0 Å². The standard InChI is InChI=1S/C19H29N3/c1-15(2)10-9-13-17-14-20-21-22(17)18(19(3,4)5)16-11-7-6-8-12-16/h6-8,11-12,14-15,18H,9-10,13H2,1-5H3. The summed E-state index contributed by atoms with van der Waals surface area (Å²) in [6.45, 7) is 11.4. The molecule has 0 aliphatic carbocycles. The number of aromatic nitrogens is 3. The van der Waals surface area contributed by atoms with Crippen LogP contribution >= 0.6 is 0 Å². The summed E-state index contributed by atoms with van der Waals surface area (Å²) in [4.78, 5) is 0. The first-order valence-corrected chi connectivity index (χ1v) is 8.33. The summed E-state index contributed by atoms with van der Waals surface area (Å²) in [6.07, 6.45) is 5.42. The summed E-state index contributed by atoms with van der Waals surface area (Å²) in [5.41, 5.74) is 2.62. The lowest BCUT2D eigenvalue weighted by Crippen LogP contribution is -2.28. The molecular formula is C19H29N3. The maximum atomic E-state index is 4.42. The van der Waals surface area contributed by atoms with Crippen molar-refractivity contribution in [3.8, 4) is 0 Å². The van der Waals surface area contributed by atoms with E-state index in [1.807, 2.05) is 6.20 Å². The van der Waals surface area contributed by atoms with Crippen LogP contribution in [0.25, 0.3) is 0 Å². The Morgan fingerprint density at radius 1 is 1.09 bits per heavy atom. The van der Waals surface area contributed by atoms with Crippen LogP contribution in [0, 0.1) is 11.3 Å². The minimum Gasteiger partial charge on any atom is -0.241 e. The van der Waals surface area contributed by atoms with E-state index in [0.29, 0.717) is 0 Å². The Labute approximate surface area is 134 Å². The molecule has 3 heteroatoms. The molecule has 0 aliphatic rings. The van der Waals surface area contributed by atoms with Crippen molar-refractivity contribution in [1.29, 1.82) is 0 Å². The first kappa shape index (κ1) is 16.7. The number of rotatable bonds is 6. The Bertz CT molecular complexity index is 564. The molecule has 22 heavy (non-hydrogen) atoms. The molecule has 120 valence electrons. The second kappa shape index (κ2) is 7.08. The Morgan fingerprint density at radius 3 is 2.36 bits per heavy atom. The van der Waals surface area contributed by atoms with E-state index in [1.54, 1.807) is 0 Å². The van der Waals surface area contributed by atoms with Gasteiger partial charge in [0.1, 0.15) is 0 Å². The van der Waals surface area contributed by atoms with Gasteiger partial charge in [0.25, 0.3) is 0 Å². The SMILES string of the molecule is CC(C)CCCc1cnnn1C(c1ccccc1)C(C)(C)C. The van der Waals surface area contributed by atoms with Gasteiger partial charge in [-0.05, 0) is 29.7 Å². The van der Waals surface area contributed by atoms with E-state index in [9.17, 15) is 0 Å². The van der Waals surface area contributed by atoms with Gasteiger partial charge in [-0.3, -0.25) is 0 Å². The summed E-state index contributed by atoms with van der Waals surface area (Å²) >= 11 is 0. The Balaban J connectivity index is 2.28. The number of benzene rings is 1. The largest absolute Gasteiger partial charge is 0.241 e. The van der Waals surface area contributed by atoms with E-state index in [4.69, 9.17) is 0 Å². The molecule has 0 saturated carbocycles. The van der Waals surface area contributed by atoms with E-state index >= 15 is 0 Å². The molecule has 1 aromatic heterocycles. The average Bonchev–Trinajstić information content (AvgIpc) is 2.86. The molecule has 0 radical (unpaired) electrons. The monoisotopic (exact) mass is 299 g/mol. The molecule has 2 aromatic rings. The predicted molar refractivity (Wildman–Crippen MR) is 91.8 cm³/mol. The van der Waals surface area contributed by atoms with Gasteiger partial charge in [-0.15, -0.1) is 5.10 Å². The average molecular weight is 299 g/mol. The van der Waals surface area contributed by atoms with Crippen LogP contribution in [0.5, 0.6) is 0 Å². The Hall–Kier alpha value is -1.64. The molecular weight excluding hydrogens is 270 g/mol. The van der Waals surface area contributed by atoms with Crippen LogP contribution in [0.4, 0.5) is 0 Å². The fourth-order valence-electron chi connectivity index (χ4n) is 3.00. The van der Waals surface area contributed by atoms with Crippen molar-refractivity contribution in [2.75, 3.05) is 0 Å². The first-order valence-electron chi connectivity index (χ1n) is 8.33. The maximum absolute atomic E-state index is 4.42. The van der Waals surface area contributed by atoms with Crippen molar-refractivity contribution in [2.24, 2.45) is 11.3 Å². The summed E-state index contributed by atoms with van der Waals surface area (Å²) in [5, 5.41) is 8.62. The zero-order valence-corrected chi connectivity index (χ0v) is 14.6. The van der Waals surface area contributed by atoms with Crippen molar-refractivity contribution < 1.29 is 0 Å². The molecule has 0 aliphatic heterocycles. The Morgan fingerprint density at radius 2 is 1.77 bits per heavy atom. The minimum atomic E-state index is 0.0852. The minimum absolute atomic E-state index is 0.0852. The molecule has 0 saturated heterocycles. The second-order valence-electron chi connectivity index (χ2n) is 7.64.